The molecule has 0 radical (unpaired) electrons. The number of nitrogens with one attached hydrogen (secondary N) is 1. The average molecular weight is 391 g/mol. The van der Waals surface area contributed by atoms with Gasteiger partial charge >= 0.3 is 0 Å². The molecule has 1 aromatic heterocycles. The van der Waals surface area contributed by atoms with Crippen LogP contribution in [0, 0.1) is 5.82 Å². The van der Waals surface area contributed by atoms with Crippen molar-refractivity contribution in [2.75, 3.05) is 26.7 Å². The minimum absolute atomic E-state index is 0.218. The summed E-state index contributed by atoms with van der Waals surface area (Å²) in [5, 5.41) is 7.48. The molecule has 2 aromatic carbocycles. The second kappa shape index (κ2) is 9.05. The van der Waals surface area contributed by atoms with E-state index in [2.05, 4.69) is 33.3 Å². The predicted molar refractivity (Wildman–Crippen MR) is 114 cm³/mol. The van der Waals surface area contributed by atoms with Gasteiger partial charge < -0.3 is 4.74 Å². The van der Waals surface area contributed by atoms with Crippen LogP contribution in [0.5, 0.6) is 5.75 Å². The molecule has 0 aliphatic carbocycles. The van der Waals surface area contributed by atoms with Crippen molar-refractivity contribution in [3.8, 4) is 16.9 Å². The van der Waals surface area contributed by atoms with Gasteiger partial charge in [-0.15, -0.1) is 0 Å². The molecule has 4 nitrogen and oxygen atoms in total. The first-order chi connectivity index (χ1) is 14.2. The molecule has 1 saturated heterocycles. The van der Waals surface area contributed by atoms with E-state index in [-0.39, 0.29) is 5.82 Å². The van der Waals surface area contributed by atoms with Crippen molar-refractivity contribution in [2.45, 2.75) is 18.8 Å². The van der Waals surface area contributed by atoms with Gasteiger partial charge in [-0.1, -0.05) is 42.5 Å². The van der Waals surface area contributed by atoms with E-state index in [1.165, 1.54) is 12.1 Å². The van der Waals surface area contributed by atoms with Gasteiger partial charge in [0.25, 0.3) is 0 Å². The third kappa shape index (κ3) is 4.57. The zero-order valence-electron chi connectivity index (χ0n) is 16.6. The molecule has 1 unspecified atom stereocenters. The van der Waals surface area contributed by atoms with E-state index in [0.717, 1.165) is 60.6 Å². The number of piperidine rings is 1. The Bertz CT molecular complexity index is 964. The van der Waals surface area contributed by atoms with Crippen molar-refractivity contribution < 1.29 is 9.13 Å². The minimum atomic E-state index is -0.218. The summed E-state index contributed by atoms with van der Waals surface area (Å²) in [5.74, 6) is 1.07. The summed E-state index contributed by atoms with van der Waals surface area (Å²) in [4.78, 5) is 2.47. The van der Waals surface area contributed by atoms with Crippen LogP contribution < -0.4 is 4.74 Å². The van der Waals surface area contributed by atoms with Gasteiger partial charge in [0.05, 0.1) is 13.3 Å². The predicted octanol–water partition coefficient (Wildman–Crippen LogP) is 5.12. The van der Waals surface area contributed by atoms with Gasteiger partial charge in [0.2, 0.25) is 0 Å². The number of likely N-dealkylation sites (tertiary alicyclic amines) is 1. The summed E-state index contributed by atoms with van der Waals surface area (Å²) in [7, 11) is 1.70. The summed E-state index contributed by atoms with van der Waals surface area (Å²) >= 11 is 0. The standard InChI is InChI=1S/C24H26FN3O/c1-29-23-9-3-2-6-19(23)7-4-14-28-15-5-8-20(17-28)24-22(16-26-27-24)18-10-12-21(25)13-11-18/h2-4,6-7,9-13,16,20H,5,8,14-15,17H2,1H3,(H,26,27)/b7-4+. The molecule has 5 heteroatoms. The van der Waals surface area contributed by atoms with E-state index in [9.17, 15) is 4.39 Å². The average Bonchev–Trinajstić information content (AvgIpc) is 3.25. The topological polar surface area (TPSA) is 41.1 Å². The highest BCUT2D eigenvalue weighted by Crippen LogP contribution is 2.33. The van der Waals surface area contributed by atoms with Crippen molar-refractivity contribution in [3.63, 3.8) is 0 Å². The molecule has 0 amide bonds. The molecule has 1 aliphatic rings. The van der Waals surface area contributed by atoms with E-state index < -0.39 is 0 Å². The Kier molecular flexibility index (Phi) is 6.06. The third-order valence-corrected chi connectivity index (χ3v) is 5.54. The lowest BCUT2D eigenvalue weighted by atomic mass is 9.90. The third-order valence-electron chi connectivity index (χ3n) is 5.54. The summed E-state index contributed by atoms with van der Waals surface area (Å²) in [5.41, 5.74) is 4.32. The second-order valence-electron chi connectivity index (χ2n) is 7.45. The Hall–Kier alpha value is -2.92. The molecule has 150 valence electrons. The van der Waals surface area contributed by atoms with Crippen molar-refractivity contribution >= 4 is 6.08 Å². The first-order valence-corrected chi connectivity index (χ1v) is 10.1. The van der Waals surface area contributed by atoms with Crippen LogP contribution in [0.4, 0.5) is 4.39 Å². The van der Waals surface area contributed by atoms with Crippen molar-refractivity contribution in [1.82, 2.24) is 15.1 Å². The monoisotopic (exact) mass is 391 g/mol. The van der Waals surface area contributed by atoms with E-state index >= 15 is 0 Å². The molecule has 0 bridgehead atoms. The summed E-state index contributed by atoms with van der Waals surface area (Å²) in [6.45, 7) is 2.97. The number of para-hydroxylation sites is 1. The van der Waals surface area contributed by atoms with Crippen LogP contribution in [0.3, 0.4) is 0 Å². The zero-order valence-corrected chi connectivity index (χ0v) is 16.6. The van der Waals surface area contributed by atoms with Crippen LogP contribution in [0.25, 0.3) is 17.2 Å². The number of rotatable bonds is 6. The zero-order chi connectivity index (χ0) is 20.1. The number of aromatic nitrogens is 2. The maximum atomic E-state index is 13.3. The van der Waals surface area contributed by atoms with E-state index in [4.69, 9.17) is 4.74 Å². The molecule has 0 saturated carbocycles. The molecule has 1 N–H and O–H groups in total. The second-order valence-corrected chi connectivity index (χ2v) is 7.45. The summed E-state index contributed by atoms with van der Waals surface area (Å²) < 4.78 is 18.7. The molecule has 3 aromatic rings. The number of benzene rings is 2. The number of nitrogens with zero attached hydrogens (tertiary/aromatic N) is 2. The Morgan fingerprint density at radius 3 is 2.86 bits per heavy atom. The first-order valence-electron chi connectivity index (χ1n) is 10.1. The Labute approximate surface area is 171 Å². The quantitative estimate of drug-likeness (QED) is 0.634. The molecule has 1 aliphatic heterocycles. The molecular formula is C24H26FN3O. The highest BCUT2D eigenvalue weighted by Gasteiger charge is 2.24. The molecular weight excluding hydrogens is 365 g/mol. The van der Waals surface area contributed by atoms with Gasteiger partial charge in [-0.25, -0.2) is 4.39 Å². The Morgan fingerprint density at radius 1 is 1.21 bits per heavy atom. The maximum absolute atomic E-state index is 13.3. The van der Waals surface area contributed by atoms with Gasteiger partial charge in [-0.2, -0.15) is 5.10 Å². The van der Waals surface area contributed by atoms with Gasteiger partial charge in [0.1, 0.15) is 11.6 Å². The smallest absolute Gasteiger partial charge is 0.126 e. The van der Waals surface area contributed by atoms with E-state index in [0.29, 0.717) is 5.92 Å². The van der Waals surface area contributed by atoms with Crippen LogP contribution >= 0.6 is 0 Å². The molecule has 1 atom stereocenters. The number of hydrogen-bond donors (Lipinski definition) is 1. The lowest BCUT2D eigenvalue weighted by molar-refractivity contribution is 0.226. The number of ether oxygens (including phenoxy) is 1. The normalized spacial score (nSPS) is 17.7. The fourth-order valence-corrected chi connectivity index (χ4v) is 4.06. The van der Waals surface area contributed by atoms with Crippen LogP contribution in [-0.4, -0.2) is 41.8 Å². The lowest BCUT2D eigenvalue weighted by Gasteiger charge is -2.32. The summed E-state index contributed by atoms with van der Waals surface area (Å²) in [6.07, 6.45) is 8.46. The molecule has 1 fully saturated rings. The van der Waals surface area contributed by atoms with Crippen LogP contribution in [0.2, 0.25) is 0 Å². The van der Waals surface area contributed by atoms with Gasteiger partial charge in [0.15, 0.2) is 0 Å². The van der Waals surface area contributed by atoms with Gasteiger partial charge in [-0.3, -0.25) is 10.00 Å². The molecule has 2 heterocycles. The number of hydrogen-bond acceptors (Lipinski definition) is 3. The van der Waals surface area contributed by atoms with Gasteiger partial charge in [0, 0.05) is 35.8 Å². The number of aromatic amines is 1. The number of halogens is 1. The van der Waals surface area contributed by atoms with Crippen LogP contribution in [0.15, 0.2) is 60.8 Å². The summed E-state index contributed by atoms with van der Waals surface area (Å²) in [6, 6.07) is 14.7. The van der Waals surface area contributed by atoms with Crippen LogP contribution in [0.1, 0.15) is 30.0 Å². The molecule has 4 rings (SSSR count). The van der Waals surface area contributed by atoms with Crippen molar-refractivity contribution in [2.24, 2.45) is 0 Å². The fraction of sp³-hybridized carbons (Fsp3) is 0.292. The van der Waals surface area contributed by atoms with Crippen molar-refractivity contribution in [1.29, 1.82) is 0 Å². The first kappa shape index (κ1) is 19.4. The van der Waals surface area contributed by atoms with Crippen molar-refractivity contribution in [3.05, 3.63) is 77.9 Å². The molecule has 0 spiro atoms. The van der Waals surface area contributed by atoms with E-state index in [1.807, 2.05) is 36.5 Å². The largest absolute Gasteiger partial charge is 0.496 e. The Balaban J connectivity index is 1.44. The minimum Gasteiger partial charge on any atom is -0.496 e. The van der Waals surface area contributed by atoms with E-state index in [1.54, 1.807) is 7.11 Å². The van der Waals surface area contributed by atoms with Gasteiger partial charge in [-0.05, 0) is 43.1 Å². The van der Waals surface area contributed by atoms with Crippen LogP contribution in [-0.2, 0) is 0 Å². The Morgan fingerprint density at radius 2 is 2.03 bits per heavy atom. The highest BCUT2D eigenvalue weighted by atomic mass is 19.1. The lowest BCUT2D eigenvalue weighted by Crippen LogP contribution is -2.34. The molecule has 29 heavy (non-hydrogen) atoms. The SMILES string of the molecule is COc1ccccc1/C=C/CN1CCCC(c2[nH]ncc2-c2ccc(F)cc2)C1. The highest BCUT2D eigenvalue weighted by molar-refractivity contribution is 5.65. The fourth-order valence-electron chi connectivity index (χ4n) is 4.06. The number of methoxy groups -OCH3 is 1. The maximum Gasteiger partial charge on any atom is 0.126 e. The number of H-pyrrole nitrogens is 1.